The smallest absolute Gasteiger partial charge is 0.0462 e. The quantitative estimate of drug-likeness (QED) is 0.723. The zero-order chi connectivity index (χ0) is 9.97. The molecule has 0 aromatic carbocycles. The monoisotopic (exact) mass is 198 g/mol. The maximum absolute atomic E-state index is 9.10. The van der Waals surface area contributed by atoms with Crippen LogP contribution in [0.3, 0.4) is 0 Å². The average Bonchev–Trinajstić information content (AvgIpc) is 2.18. The van der Waals surface area contributed by atoms with Crippen LogP contribution in [0.4, 0.5) is 0 Å². The van der Waals surface area contributed by atoms with Gasteiger partial charge in [-0.15, -0.1) is 0 Å². The van der Waals surface area contributed by atoms with E-state index in [2.05, 4.69) is 0 Å². The normalized spacial score (nSPS) is 41.6. The molecule has 2 rings (SSSR count). The van der Waals surface area contributed by atoms with Gasteiger partial charge in [0.25, 0.3) is 0 Å². The van der Waals surface area contributed by atoms with Crippen LogP contribution >= 0.6 is 0 Å². The Hall–Kier alpha value is -0.0800. The molecule has 2 aliphatic rings. The third-order valence-electron chi connectivity index (χ3n) is 4.37. The zero-order valence-electron chi connectivity index (χ0n) is 8.86. The van der Waals surface area contributed by atoms with Crippen LogP contribution in [-0.2, 0) is 0 Å². The van der Waals surface area contributed by atoms with E-state index in [4.69, 9.17) is 10.2 Å². The summed E-state index contributed by atoms with van der Waals surface area (Å²) in [6, 6.07) is 0. The molecular weight excluding hydrogens is 176 g/mol. The van der Waals surface area contributed by atoms with Crippen LogP contribution in [-0.4, -0.2) is 23.4 Å². The molecule has 0 aromatic heterocycles. The van der Waals surface area contributed by atoms with Crippen LogP contribution in [0.5, 0.6) is 0 Å². The highest BCUT2D eigenvalue weighted by Crippen LogP contribution is 2.51. The summed E-state index contributed by atoms with van der Waals surface area (Å²) in [7, 11) is 0. The van der Waals surface area contributed by atoms with E-state index in [1.165, 1.54) is 32.1 Å². The Kier molecular flexibility index (Phi) is 3.45. The molecule has 0 radical (unpaired) electrons. The van der Waals surface area contributed by atoms with Crippen molar-refractivity contribution >= 4 is 0 Å². The van der Waals surface area contributed by atoms with Gasteiger partial charge in [-0.25, -0.2) is 0 Å². The lowest BCUT2D eigenvalue weighted by atomic mass is 9.56. The van der Waals surface area contributed by atoms with Crippen molar-refractivity contribution in [1.29, 1.82) is 0 Å². The Morgan fingerprint density at radius 1 is 1.07 bits per heavy atom. The third kappa shape index (κ3) is 1.96. The van der Waals surface area contributed by atoms with Crippen LogP contribution in [0.15, 0.2) is 0 Å². The minimum Gasteiger partial charge on any atom is -0.396 e. The lowest BCUT2D eigenvalue weighted by Gasteiger charge is -2.49. The first kappa shape index (κ1) is 10.4. The van der Waals surface area contributed by atoms with Gasteiger partial charge in [0, 0.05) is 13.2 Å². The Balaban J connectivity index is 1.73. The van der Waals surface area contributed by atoms with Crippen LogP contribution in [0.2, 0.25) is 0 Å². The van der Waals surface area contributed by atoms with Crippen molar-refractivity contribution in [2.75, 3.05) is 13.2 Å². The van der Waals surface area contributed by atoms with Crippen LogP contribution in [0, 0.1) is 23.7 Å². The highest BCUT2D eigenvalue weighted by atomic mass is 16.3. The first-order chi connectivity index (χ1) is 6.85. The van der Waals surface area contributed by atoms with E-state index >= 15 is 0 Å². The average molecular weight is 198 g/mol. The van der Waals surface area contributed by atoms with Gasteiger partial charge in [0.05, 0.1) is 0 Å². The van der Waals surface area contributed by atoms with Crippen LogP contribution in [0.1, 0.15) is 38.5 Å². The number of aliphatic hydroxyl groups excluding tert-OH is 2. The topological polar surface area (TPSA) is 40.5 Å². The molecule has 2 N–H and O–H groups in total. The minimum absolute atomic E-state index is 0.351. The summed E-state index contributed by atoms with van der Waals surface area (Å²) >= 11 is 0. The van der Waals surface area contributed by atoms with Gasteiger partial charge in [-0.1, -0.05) is 6.42 Å². The highest BCUT2D eigenvalue weighted by Gasteiger charge is 2.43. The fourth-order valence-corrected chi connectivity index (χ4v) is 3.50. The molecule has 2 saturated carbocycles. The summed E-state index contributed by atoms with van der Waals surface area (Å²) in [5.74, 6) is 3.23. The summed E-state index contributed by atoms with van der Waals surface area (Å²) in [5.41, 5.74) is 0. The van der Waals surface area contributed by atoms with Crippen molar-refractivity contribution in [3.8, 4) is 0 Å². The van der Waals surface area contributed by atoms with E-state index in [0.29, 0.717) is 19.1 Å². The number of aliphatic hydroxyl groups is 2. The van der Waals surface area contributed by atoms with Crippen molar-refractivity contribution in [2.24, 2.45) is 23.7 Å². The standard InChI is InChI=1S/C12H22O2/c13-5-1-2-9-3-4-12-10(6-9)7-11(12)8-14/h9-14H,1-8H2. The SMILES string of the molecule is OCCCC1CCC2C(CO)CC2C1. The van der Waals surface area contributed by atoms with E-state index in [9.17, 15) is 0 Å². The molecule has 14 heavy (non-hydrogen) atoms. The maximum atomic E-state index is 9.10. The highest BCUT2D eigenvalue weighted by molar-refractivity contribution is 4.93. The van der Waals surface area contributed by atoms with Crippen molar-refractivity contribution < 1.29 is 10.2 Å². The lowest BCUT2D eigenvalue weighted by molar-refractivity contribution is -0.0257. The van der Waals surface area contributed by atoms with E-state index < -0.39 is 0 Å². The van der Waals surface area contributed by atoms with E-state index in [0.717, 1.165) is 24.2 Å². The van der Waals surface area contributed by atoms with Gasteiger partial charge in [-0.05, 0) is 55.8 Å². The molecular formula is C12H22O2. The summed E-state index contributed by atoms with van der Waals surface area (Å²) in [5, 5.41) is 17.9. The number of hydrogen-bond donors (Lipinski definition) is 2. The number of fused-ring (bicyclic) bond motifs is 1. The lowest BCUT2D eigenvalue weighted by Crippen LogP contribution is -2.42. The molecule has 2 aliphatic carbocycles. The molecule has 2 heteroatoms. The molecule has 0 heterocycles. The van der Waals surface area contributed by atoms with Crippen LogP contribution < -0.4 is 0 Å². The van der Waals surface area contributed by atoms with Gasteiger partial charge in [-0.2, -0.15) is 0 Å². The van der Waals surface area contributed by atoms with E-state index in [-0.39, 0.29) is 0 Å². The summed E-state index contributed by atoms with van der Waals surface area (Å²) in [6.45, 7) is 0.756. The molecule has 2 fully saturated rings. The summed E-state index contributed by atoms with van der Waals surface area (Å²) in [4.78, 5) is 0. The van der Waals surface area contributed by atoms with Gasteiger partial charge in [0.2, 0.25) is 0 Å². The predicted octanol–water partition coefficient (Wildman–Crippen LogP) is 1.80. The van der Waals surface area contributed by atoms with Gasteiger partial charge in [0.15, 0.2) is 0 Å². The Morgan fingerprint density at radius 2 is 1.93 bits per heavy atom. The van der Waals surface area contributed by atoms with Crippen molar-refractivity contribution in [1.82, 2.24) is 0 Å². The molecule has 82 valence electrons. The van der Waals surface area contributed by atoms with E-state index in [1.54, 1.807) is 0 Å². The summed E-state index contributed by atoms with van der Waals surface area (Å²) in [6.07, 6.45) is 7.47. The van der Waals surface area contributed by atoms with Crippen LogP contribution in [0.25, 0.3) is 0 Å². The molecule has 2 nitrogen and oxygen atoms in total. The first-order valence-corrected chi connectivity index (χ1v) is 6.07. The second-order valence-corrected chi connectivity index (χ2v) is 5.15. The fourth-order valence-electron chi connectivity index (χ4n) is 3.50. The molecule has 0 bridgehead atoms. The maximum Gasteiger partial charge on any atom is 0.0462 e. The van der Waals surface area contributed by atoms with Gasteiger partial charge in [0.1, 0.15) is 0 Å². The molecule has 0 aliphatic heterocycles. The molecule has 0 aromatic rings. The van der Waals surface area contributed by atoms with Crippen molar-refractivity contribution in [3.63, 3.8) is 0 Å². The molecule has 0 saturated heterocycles. The number of hydrogen-bond acceptors (Lipinski definition) is 2. The van der Waals surface area contributed by atoms with Crippen molar-refractivity contribution in [3.05, 3.63) is 0 Å². The van der Waals surface area contributed by atoms with E-state index in [1.807, 2.05) is 0 Å². The second kappa shape index (κ2) is 4.63. The fraction of sp³-hybridized carbons (Fsp3) is 1.00. The molecule has 0 amide bonds. The molecule has 4 atom stereocenters. The van der Waals surface area contributed by atoms with Gasteiger partial charge < -0.3 is 10.2 Å². The summed E-state index contributed by atoms with van der Waals surface area (Å²) < 4.78 is 0. The molecule has 0 spiro atoms. The third-order valence-corrected chi connectivity index (χ3v) is 4.37. The zero-order valence-corrected chi connectivity index (χ0v) is 8.86. The van der Waals surface area contributed by atoms with Gasteiger partial charge in [-0.3, -0.25) is 0 Å². The second-order valence-electron chi connectivity index (χ2n) is 5.15. The first-order valence-electron chi connectivity index (χ1n) is 6.07. The Morgan fingerprint density at radius 3 is 2.57 bits per heavy atom. The van der Waals surface area contributed by atoms with Gasteiger partial charge >= 0.3 is 0 Å². The number of rotatable bonds is 4. The van der Waals surface area contributed by atoms with Crippen molar-refractivity contribution in [2.45, 2.75) is 38.5 Å². The molecule has 4 unspecified atom stereocenters. The predicted molar refractivity (Wildman–Crippen MR) is 55.8 cm³/mol. The Bertz CT molecular complexity index is 179. The largest absolute Gasteiger partial charge is 0.396 e. The minimum atomic E-state index is 0.351. The Labute approximate surface area is 86.3 Å².